The summed E-state index contributed by atoms with van der Waals surface area (Å²) in [5, 5.41) is 2.61. The third-order valence-electron chi connectivity index (χ3n) is 2.32. The van der Waals surface area contributed by atoms with Crippen molar-refractivity contribution in [2.45, 2.75) is 18.7 Å². The van der Waals surface area contributed by atoms with Crippen molar-refractivity contribution < 1.29 is 13.2 Å². The van der Waals surface area contributed by atoms with Gasteiger partial charge in [-0.1, -0.05) is 25.4 Å². The molecule has 0 aliphatic heterocycles. The number of rotatable bonds is 5. The molecule has 0 radical (unpaired) electrons. The molecule has 1 rings (SSSR count). The Morgan fingerprint density at radius 3 is 2.63 bits per heavy atom. The van der Waals surface area contributed by atoms with Gasteiger partial charge in [-0.15, -0.1) is 0 Å². The maximum Gasteiger partial charge on any atom is 0.235 e. The van der Waals surface area contributed by atoms with E-state index in [1.165, 1.54) is 18.2 Å². The van der Waals surface area contributed by atoms with Crippen molar-refractivity contribution in [1.82, 2.24) is 5.32 Å². The summed E-state index contributed by atoms with van der Waals surface area (Å²) >= 11 is 5.83. The maximum atomic E-state index is 12.1. The molecule has 0 aromatic heterocycles. The number of hydrogen-bond donors (Lipinski definition) is 2. The zero-order valence-electron chi connectivity index (χ0n) is 10.8. The van der Waals surface area contributed by atoms with Gasteiger partial charge in [-0.2, -0.15) is 0 Å². The highest BCUT2D eigenvalue weighted by Crippen LogP contribution is 2.24. The smallest absolute Gasteiger partial charge is 0.235 e. The number of carbonyl (C=O) groups excluding carboxylic acids is 1. The van der Waals surface area contributed by atoms with Crippen LogP contribution < -0.4 is 11.1 Å². The van der Waals surface area contributed by atoms with E-state index in [-0.39, 0.29) is 21.5 Å². The van der Waals surface area contributed by atoms with E-state index in [0.717, 1.165) is 0 Å². The molecule has 1 aromatic rings. The highest BCUT2D eigenvalue weighted by Gasteiger charge is 2.22. The SMILES string of the molecule is CC(C)CNC(=O)CS(=O)(=O)c1cc(N)ccc1Cl. The lowest BCUT2D eigenvalue weighted by Crippen LogP contribution is -2.33. The average Bonchev–Trinajstić information content (AvgIpc) is 2.29. The Morgan fingerprint density at radius 2 is 2.05 bits per heavy atom. The molecule has 19 heavy (non-hydrogen) atoms. The lowest BCUT2D eigenvalue weighted by molar-refractivity contribution is -0.118. The van der Waals surface area contributed by atoms with Crippen LogP contribution in [0.2, 0.25) is 5.02 Å². The molecule has 0 aliphatic rings. The van der Waals surface area contributed by atoms with Crippen molar-refractivity contribution in [3.8, 4) is 0 Å². The Hall–Kier alpha value is -1.27. The van der Waals surface area contributed by atoms with E-state index in [2.05, 4.69) is 5.32 Å². The van der Waals surface area contributed by atoms with Crippen LogP contribution in [0.1, 0.15) is 13.8 Å². The molecule has 0 aliphatic carbocycles. The second-order valence-corrected chi connectivity index (χ2v) is 7.01. The molecule has 0 unspecified atom stereocenters. The van der Waals surface area contributed by atoms with Crippen molar-refractivity contribution in [3.63, 3.8) is 0 Å². The largest absolute Gasteiger partial charge is 0.399 e. The van der Waals surface area contributed by atoms with Crippen LogP contribution in [0.25, 0.3) is 0 Å². The number of carbonyl (C=O) groups is 1. The van der Waals surface area contributed by atoms with Gasteiger partial charge in [0.25, 0.3) is 0 Å². The molecule has 0 heterocycles. The fourth-order valence-electron chi connectivity index (χ4n) is 1.38. The van der Waals surface area contributed by atoms with Crippen LogP contribution in [0.15, 0.2) is 23.1 Å². The van der Waals surface area contributed by atoms with Crippen LogP contribution in [-0.4, -0.2) is 26.6 Å². The molecule has 7 heteroatoms. The summed E-state index contributed by atoms with van der Waals surface area (Å²) in [5.41, 5.74) is 5.81. The summed E-state index contributed by atoms with van der Waals surface area (Å²) in [5.74, 6) is -0.932. The molecule has 0 fully saturated rings. The normalized spacial score (nSPS) is 11.6. The summed E-state index contributed by atoms with van der Waals surface area (Å²) in [7, 11) is -3.78. The Morgan fingerprint density at radius 1 is 1.42 bits per heavy atom. The van der Waals surface area contributed by atoms with Crippen LogP contribution in [-0.2, 0) is 14.6 Å². The topological polar surface area (TPSA) is 89.3 Å². The van der Waals surface area contributed by atoms with E-state index in [0.29, 0.717) is 6.54 Å². The van der Waals surface area contributed by atoms with Crippen molar-refractivity contribution in [2.24, 2.45) is 5.92 Å². The molecule has 0 bridgehead atoms. The van der Waals surface area contributed by atoms with Crippen molar-refractivity contribution >= 4 is 33.0 Å². The minimum Gasteiger partial charge on any atom is -0.399 e. The van der Waals surface area contributed by atoms with Gasteiger partial charge in [0.2, 0.25) is 5.91 Å². The maximum absolute atomic E-state index is 12.1. The Balaban J connectivity index is 2.87. The standard InChI is InChI=1S/C12H17ClN2O3S/c1-8(2)6-15-12(16)7-19(17,18)11-5-9(14)3-4-10(11)13/h3-5,8H,6-7,14H2,1-2H3,(H,15,16). The van der Waals surface area contributed by atoms with Crippen molar-refractivity contribution in [2.75, 3.05) is 18.0 Å². The Bertz CT molecular complexity index is 570. The number of anilines is 1. The first-order valence-corrected chi connectivity index (χ1v) is 7.80. The molecule has 106 valence electrons. The minimum atomic E-state index is -3.78. The fraction of sp³-hybridized carbons (Fsp3) is 0.417. The third kappa shape index (κ3) is 4.72. The first kappa shape index (κ1) is 15.8. The van der Waals surface area contributed by atoms with E-state index in [1.807, 2.05) is 13.8 Å². The average molecular weight is 305 g/mol. The van der Waals surface area contributed by atoms with Gasteiger partial charge in [0, 0.05) is 12.2 Å². The van der Waals surface area contributed by atoms with E-state index < -0.39 is 21.5 Å². The molecule has 0 saturated heterocycles. The molecular formula is C12H17ClN2O3S. The Kier molecular flexibility index (Phi) is 5.20. The predicted molar refractivity (Wildman–Crippen MR) is 75.8 cm³/mol. The highest BCUT2D eigenvalue weighted by molar-refractivity contribution is 7.92. The second-order valence-electron chi connectivity index (χ2n) is 4.65. The van der Waals surface area contributed by atoms with Crippen molar-refractivity contribution in [1.29, 1.82) is 0 Å². The van der Waals surface area contributed by atoms with E-state index in [4.69, 9.17) is 17.3 Å². The van der Waals surface area contributed by atoms with Crippen LogP contribution in [0.4, 0.5) is 5.69 Å². The lowest BCUT2D eigenvalue weighted by Gasteiger charge is -2.09. The van der Waals surface area contributed by atoms with Crippen LogP contribution in [0.3, 0.4) is 0 Å². The first-order chi connectivity index (χ1) is 8.72. The van der Waals surface area contributed by atoms with E-state index >= 15 is 0 Å². The summed E-state index contributed by atoms with van der Waals surface area (Å²) < 4.78 is 24.1. The van der Waals surface area contributed by atoms with Crippen LogP contribution in [0, 0.1) is 5.92 Å². The fourth-order valence-corrected chi connectivity index (χ4v) is 3.13. The second kappa shape index (κ2) is 6.25. The molecule has 0 atom stereocenters. The summed E-state index contributed by atoms with van der Waals surface area (Å²) in [6.07, 6.45) is 0. The van der Waals surface area contributed by atoms with Gasteiger partial charge in [0.05, 0.1) is 9.92 Å². The number of nitrogens with one attached hydrogen (secondary N) is 1. The molecule has 3 N–H and O–H groups in total. The van der Waals surface area contributed by atoms with E-state index in [9.17, 15) is 13.2 Å². The van der Waals surface area contributed by atoms with Gasteiger partial charge >= 0.3 is 0 Å². The van der Waals surface area contributed by atoms with E-state index in [1.54, 1.807) is 0 Å². The number of nitrogens with two attached hydrogens (primary N) is 1. The third-order valence-corrected chi connectivity index (χ3v) is 4.41. The lowest BCUT2D eigenvalue weighted by atomic mass is 10.2. The molecule has 0 saturated carbocycles. The molecule has 5 nitrogen and oxygen atoms in total. The summed E-state index contributed by atoms with van der Waals surface area (Å²) in [6.45, 7) is 4.27. The number of sulfone groups is 1. The number of nitrogen functional groups attached to an aromatic ring is 1. The zero-order valence-corrected chi connectivity index (χ0v) is 12.4. The van der Waals surface area contributed by atoms with Gasteiger partial charge in [-0.05, 0) is 24.1 Å². The molecule has 1 amide bonds. The van der Waals surface area contributed by atoms with Crippen LogP contribution in [0.5, 0.6) is 0 Å². The predicted octanol–water partition coefficient (Wildman–Crippen LogP) is 1.47. The number of hydrogen-bond acceptors (Lipinski definition) is 4. The molecule has 1 aromatic carbocycles. The molecular weight excluding hydrogens is 288 g/mol. The quantitative estimate of drug-likeness (QED) is 0.806. The van der Waals surface area contributed by atoms with Crippen LogP contribution >= 0.6 is 11.6 Å². The number of halogens is 1. The first-order valence-electron chi connectivity index (χ1n) is 5.77. The van der Waals surface area contributed by atoms with Crippen molar-refractivity contribution in [3.05, 3.63) is 23.2 Å². The van der Waals surface area contributed by atoms with Gasteiger partial charge in [0.15, 0.2) is 9.84 Å². The van der Waals surface area contributed by atoms with Gasteiger partial charge in [0.1, 0.15) is 5.75 Å². The molecule has 0 spiro atoms. The van der Waals surface area contributed by atoms with Gasteiger partial charge in [-0.25, -0.2) is 8.42 Å². The Labute approximate surface area is 118 Å². The summed E-state index contributed by atoms with van der Waals surface area (Å²) in [4.78, 5) is 11.5. The van der Waals surface area contributed by atoms with Gasteiger partial charge < -0.3 is 11.1 Å². The zero-order chi connectivity index (χ0) is 14.6. The number of amides is 1. The van der Waals surface area contributed by atoms with Gasteiger partial charge in [-0.3, -0.25) is 4.79 Å². The minimum absolute atomic E-state index is 0.0610. The highest BCUT2D eigenvalue weighted by atomic mass is 35.5. The summed E-state index contributed by atoms with van der Waals surface area (Å²) in [6, 6.07) is 4.16. The number of benzene rings is 1. The monoisotopic (exact) mass is 304 g/mol.